The van der Waals surface area contributed by atoms with Crippen molar-refractivity contribution in [3.63, 3.8) is 0 Å². The van der Waals surface area contributed by atoms with E-state index >= 15 is 0 Å². The zero-order valence-electron chi connectivity index (χ0n) is 11.7. The lowest BCUT2D eigenvalue weighted by atomic mass is 10.1. The number of nitrogens with zero attached hydrogens (tertiary/aromatic N) is 2. The third-order valence-corrected chi connectivity index (χ3v) is 5.70. The SMILES string of the molecule is CN1C(=O)C2(NN=C(c3ccccc3)S2)c2cc(Br)ccc21. The largest absolute Gasteiger partial charge is 0.312 e. The maximum Gasteiger partial charge on any atom is 0.269 e. The van der Waals surface area contributed by atoms with Crippen LogP contribution in [0, 0.1) is 0 Å². The Morgan fingerprint density at radius 1 is 1.23 bits per heavy atom. The number of halogens is 1. The first-order valence-electron chi connectivity index (χ1n) is 6.79. The van der Waals surface area contributed by atoms with E-state index in [9.17, 15) is 4.79 Å². The van der Waals surface area contributed by atoms with E-state index in [1.807, 2.05) is 48.5 Å². The Hall–Kier alpha value is -1.79. The number of rotatable bonds is 1. The fourth-order valence-corrected chi connectivity index (χ4v) is 4.36. The second kappa shape index (κ2) is 4.86. The second-order valence-corrected chi connectivity index (χ2v) is 7.32. The molecule has 2 aliphatic rings. The van der Waals surface area contributed by atoms with Crippen molar-refractivity contribution in [2.24, 2.45) is 5.10 Å². The number of amides is 1. The summed E-state index contributed by atoms with van der Waals surface area (Å²) < 4.78 is 0.948. The van der Waals surface area contributed by atoms with Crippen molar-refractivity contribution < 1.29 is 4.79 Å². The van der Waals surface area contributed by atoms with Crippen LogP contribution in [0.25, 0.3) is 0 Å². The number of anilines is 1. The third-order valence-electron chi connectivity index (χ3n) is 3.89. The highest BCUT2D eigenvalue weighted by molar-refractivity contribution is 9.10. The van der Waals surface area contributed by atoms with Crippen LogP contribution in [-0.2, 0) is 9.67 Å². The number of likely N-dealkylation sites (N-methyl/N-ethyl adjacent to an activating group) is 1. The van der Waals surface area contributed by atoms with Gasteiger partial charge in [-0.2, -0.15) is 5.10 Å². The van der Waals surface area contributed by atoms with Crippen molar-refractivity contribution in [1.82, 2.24) is 5.43 Å². The van der Waals surface area contributed by atoms with Gasteiger partial charge in [0.2, 0.25) is 4.87 Å². The van der Waals surface area contributed by atoms with Gasteiger partial charge in [0, 0.05) is 22.6 Å². The van der Waals surface area contributed by atoms with Crippen LogP contribution in [-0.4, -0.2) is 18.0 Å². The maximum absolute atomic E-state index is 12.8. The van der Waals surface area contributed by atoms with Gasteiger partial charge in [-0.1, -0.05) is 58.0 Å². The highest BCUT2D eigenvalue weighted by atomic mass is 79.9. The summed E-state index contributed by atoms with van der Waals surface area (Å²) in [6.45, 7) is 0. The van der Waals surface area contributed by atoms with E-state index in [2.05, 4.69) is 26.5 Å². The molecule has 2 aromatic rings. The monoisotopic (exact) mass is 373 g/mol. The Morgan fingerprint density at radius 3 is 2.77 bits per heavy atom. The molecule has 4 nitrogen and oxygen atoms in total. The molecule has 0 aromatic heterocycles. The summed E-state index contributed by atoms with van der Waals surface area (Å²) in [5.41, 5.74) is 5.95. The number of benzene rings is 2. The van der Waals surface area contributed by atoms with Crippen LogP contribution < -0.4 is 10.3 Å². The minimum atomic E-state index is -0.862. The predicted octanol–water partition coefficient (Wildman–Crippen LogP) is 3.28. The Labute approximate surface area is 140 Å². The quantitative estimate of drug-likeness (QED) is 0.833. The molecular formula is C16H12BrN3OS. The molecule has 0 fully saturated rings. The van der Waals surface area contributed by atoms with Crippen molar-refractivity contribution in [2.75, 3.05) is 11.9 Å². The molecule has 2 aliphatic heterocycles. The fraction of sp³-hybridized carbons (Fsp3) is 0.125. The number of hydrazone groups is 1. The summed E-state index contributed by atoms with van der Waals surface area (Å²) in [6, 6.07) is 15.8. The van der Waals surface area contributed by atoms with Crippen molar-refractivity contribution >= 4 is 44.3 Å². The number of nitrogens with one attached hydrogen (secondary N) is 1. The highest BCUT2D eigenvalue weighted by Crippen LogP contribution is 2.50. The van der Waals surface area contributed by atoms with Gasteiger partial charge >= 0.3 is 0 Å². The van der Waals surface area contributed by atoms with Gasteiger partial charge in [0.15, 0.2) is 0 Å². The number of thioether (sulfide) groups is 1. The number of hydrogen-bond donors (Lipinski definition) is 1. The Bertz CT molecular complexity index is 808. The van der Waals surface area contributed by atoms with Gasteiger partial charge in [0.1, 0.15) is 5.04 Å². The minimum absolute atomic E-state index is 0.000260. The van der Waals surface area contributed by atoms with E-state index in [-0.39, 0.29) is 5.91 Å². The topological polar surface area (TPSA) is 44.7 Å². The van der Waals surface area contributed by atoms with Crippen molar-refractivity contribution in [3.8, 4) is 0 Å². The predicted molar refractivity (Wildman–Crippen MR) is 92.9 cm³/mol. The van der Waals surface area contributed by atoms with Gasteiger partial charge in [-0.3, -0.25) is 10.2 Å². The lowest BCUT2D eigenvalue weighted by molar-refractivity contribution is -0.120. The van der Waals surface area contributed by atoms with Gasteiger partial charge < -0.3 is 4.90 Å². The van der Waals surface area contributed by atoms with E-state index < -0.39 is 4.87 Å². The molecule has 2 aromatic carbocycles. The summed E-state index contributed by atoms with van der Waals surface area (Å²) in [7, 11) is 1.80. The lowest BCUT2D eigenvalue weighted by Crippen LogP contribution is -2.43. The van der Waals surface area contributed by atoms with Crippen LogP contribution >= 0.6 is 27.7 Å². The number of hydrogen-bond acceptors (Lipinski definition) is 4. The molecular weight excluding hydrogens is 362 g/mol. The van der Waals surface area contributed by atoms with Crippen LogP contribution in [0.1, 0.15) is 11.1 Å². The van der Waals surface area contributed by atoms with E-state index in [0.717, 1.165) is 26.3 Å². The average Bonchev–Trinajstić information content (AvgIpc) is 3.07. The van der Waals surface area contributed by atoms with Gasteiger partial charge in [-0.05, 0) is 18.2 Å². The fourth-order valence-electron chi connectivity index (χ4n) is 2.77. The average molecular weight is 374 g/mol. The van der Waals surface area contributed by atoms with E-state index in [4.69, 9.17) is 0 Å². The molecule has 0 saturated heterocycles. The van der Waals surface area contributed by atoms with Gasteiger partial charge in [-0.25, -0.2) is 0 Å². The molecule has 4 rings (SSSR count). The molecule has 1 N–H and O–H groups in total. The first kappa shape index (κ1) is 13.8. The molecule has 1 amide bonds. The zero-order chi connectivity index (χ0) is 15.3. The molecule has 22 heavy (non-hydrogen) atoms. The van der Waals surface area contributed by atoms with Crippen LogP contribution in [0.2, 0.25) is 0 Å². The van der Waals surface area contributed by atoms with Gasteiger partial charge in [0.05, 0.1) is 5.69 Å². The Morgan fingerprint density at radius 2 is 2.00 bits per heavy atom. The molecule has 2 heterocycles. The van der Waals surface area contributed by atoms with Crippen LogP contribution in [0.3, 0.4) is 0 Å². The molecule has 6 heteroatoms. The summed E-state index contributed by atoms with van der Waals surface area (Å²) >= 11 is 4.95. The van der Waals surface area contributed by atoms with Crippen molar-refractivity contribution in [2.45, 2.75) is 4.87 Å². The molecule has 0 aliphatic carbocycles. The summed E-state index contributed by atoms with van der Waals surface area (Å²) in [4.78, 5) is 13.7. The minimum Gasteiger partial charge on any atom is -0.312 e. The molecule has 0 saturated carbocycles. The first-order chi connectivity index (χ1) is 10.6. The second-order valence-electron chi connectivity index (χ2n) is 5.20. The number of fused-ring (bicyclic) bond motifs is 2. The highest BCUT2D eigenvalue weighted by Gasteiger charge is 2.54. The Balaban J connectivity index is 1.79. The number of carbonyl (C=O) groups is 1. The van der Waals surface area contributed by atoms with Crippen molar-refractivity contribution in [1.29, 1.82) is 0 Å². The maximum atomic E-state index is 12.8. The molecule has 1 unspecified atom stereocenters. The molecule has 0 radical (unpaired) electrons. The molecule has 0 bridgehead atoms. The van der Waals surface area contributed by atoms with E-state index in [0.29, 0.717) is 0 Å². The lowest BCUT2D eigenvalue weighted by Gasteiger charge is -2.21. The van der Waals surface area contributed by atoms with E-state index in [1.165, 1.54) is 11.8 Å². The summed E-state index contributed by atoms with van der Waals surface area (Å²) in [5, 5.41) is 5.25. The Kier molecular flexibility index (Phi) is 3.06. The van der Waals surface area contributed by atoms with Crippen LogP contribution in [0.5, 0.6) is 0 Å². The standard InChI is InChI=1S/C16H12BrN3OS/c1-20-13-8-7-11(17)9-12(13)16(15(20)21)19-18-14(22-16)10-5-3-2-4-6-10/h2-9,19H,1H3. The molecule has 1 spiro atoms. The normalized spacial score (nSPS) is 22.7. The smallest absolute Gasteiger partial charge is 0.269 e. The molecule has 110 valence electrons. The molecule has 1 atom stereocenters. The third kappa shape index (κ3) is 1.84. The number of carbonyl (C=O) groups excluding carboxylic acids is 1. The summed E-state index contributed by atoms with van der Waals surface area (Å²) in [6.07, 6.45) is 0. The summed E-state index contributed by atoms with van der Waals surface area (Å²) in [5.74, 6) is 0.000260. The van der Waals surface area contributed by atoms with Crippen LogP contribution in [0.15, 0.2) is 58.1 Å². The van der Waals surface area contributed by atoms with Gasteiger partial charge in [0.25, 0.3) is 5.91 Å². The van der Waals surface area contributed by atoms with Crippen molar-refractivity contribution in [3.05, 3.63) is 64.1 Å². The van der Waals surface area contributed by atoms with E-state index in [1.54, 1.807) is 11.9 Å². The van der Waals surface area contributed by atoms with Gasteiger partial charge in [-0.15, -0.1) is 0 Å². The van der Waals surface area contributed by atoms with Crippen LogP contribution in [0.4, 0.5) is 5.69 Å². The zero-order valence-corrected chi connectivity index (χ0v) is 14.1. The first-order valence-corrected chi connectivity index (χ1v) is 8.40.